The summed E-state index contributed by atoms with van der Waals surface area (Å²) >= 11 is 0. The number of aromatic nitrogens is 4. The van der Waals surface area contributed by atoms with Crippen molar-refractivity contribution in [2.75, 3.05) is 34.8 Å². The third-order valence-corrected chi connectivity index (χ3v) is 8.87. The first-order valence-corrected chi connectivity index (χ1v) is 15.2. The number of nitrogens with one attached hydrogen (secondary N) is 2. The van der Waals surface area contributed by atoms with Crippen molar-refractivity contribution in [3.05, 3.63) is 23.8 Å². The largest absolute Gasteiger partial charge is 0.457 e. The van der Waals surface area contributed by atoms with Crippen LogP contribution in [0.1, 0.15) is 83.0 Å². The minimum Gasteiger partial charge on any atom is -0.457 e. The number of piperidine rings is 1. The van der Waals surface area contributed by atoms with Gasteiger partial charge in [0.1, 0.15) is 17.7 Å². The molecule has 0 bridgehead atoms. The van der Waals surface area contributed by atoms with Crippen molar-refractivity contribution >= 4 is 35.2 Å². The van der Waals surface area contributed by atoms with Crippen LogP contribution in [0.25, 0.3) is 0 Å². The monoisotopic (exact) mass is 601 g/mol. The van der Waals surface area contributed by atoms with Crippen LogP contribution in [0.4, 0.5) is 36.4 Å². The molecular formula is C29H38F3N9O2. The summed E-state index contributed by atoms with van der Waals surface area (Å²) in [6.07, 6.45) is 5.57. The number of anilines is 4. The van der Waals surface area contributed by atoms with E-state index in [9.17, 15) is 18.0 Å². The molecular weight excluding hydrogens is 563 g/mol. The molecule has 14 heteroatoms. The average molecular weight is 602 g/mol. The topological polar surface area (TPSA) is 123 Å². The van der Waals surface area contributed by atoms with E-state index in [1.165, 1.54) is 6.42 Å². The van der Waals surface area contributed by atoms with E-state index < -0.39 is 23.7 Å². The maximum Gasteiger partial charge on any atom is 0.408 e. The van der Waals surface area contributed by atoms with Gasteiger partial charge in [0, 0.05) is 25.7 Å². The second-order valence-electron chi connectivity index (χ2n) is 12.2. The molecule has 0 radical (unpaired) electrons. The first-order valence-electron chi connectivity index (χ1n) is 15.2. The molecule has 1 saturated carbocycles. The minimum absolute atomic E-state index is 0.0158. The molecule has 0 aromatic carbocycles. The molecule has 1 amide bonds. The van der Waals surface area contributed by atoms with Crippen LogP contribution < -0.4 is 15.1 Å². The number of fused-ring (bicyclic) bond motifs is 2. The number of nitrogens with zero attached hydrogens (tertiary/aromatic N) is 7. The predicted molar refractivity (Wildman–Crippen MR) is 154 cm³/mol. The van der Waals surface area contributed by atoms with E-state index in [-0.39, 0.29) is 37.3 Å². The molecule has 5 heterocycles. The van der Waals surface area contributed by atoms with Crippen LogP contribution in [-0.2, 0) is 21.6 Å². The van der Waals surface area contributed by atoms with Crippen LogP contribution in [0, 0.1) is 5.41 Å². The summed E-state index contributed by atoms with van der Waals surface area (Å²) in [5.41, 5.74) is 0.425. The summed E-state index contributed by atoms with van der Waals surface area (Å²) in [5, 5.41) is 11.6. The molecule has 2 aromatic rings. The summed E-state index contributed by atoms with van der Waals surface area (Å²) in [4.78, 5) is 37.6. The van der Waals surface area contributed by atoms with Gasteiger partial charge in [-0.1, -0.05) is 12.8 Å². The standard InChI is InChI=1S/C29H38F3N9O2/c1-18(2)36-23-22-24(38-21(37-23)17-43-26(33)40-14-8-9-20(40)29(30,31)32)41(25(42)28(22)10-4-5-11-28)19-15-34-27(35-16-19)39-12-6-3-7-13-39/h15-16,18,20,33H,3-14,17H2,1-2H3,(H,36,37,38)/t20-/m1/s1. The maximum absolute atomic E-state index is 14.3. The van der Waals surface area contributed by atoms with Gasteiger partial charge in [0.15, 0.2) is 12.4 Å². The van der Waals surface area contributed by atoms with Crippen LogP contribution in [-0.4, -0.2) is 74.7 Å². The number of amidine groups is 1. The average Bonchev–Trinajstić information content (AvgIpc) is 3.72. The Hall–Kier alpha value is -3.71. The van der Waals surface area contributed by atoms with Crippen molar-refractivity contribution < 1.29 is 22.7 Å². The van der Waals surface area contributed by atoms with Gasteiger partial charge in [-0.05, 0) is 58.8 Å². The summed E-state index contributed by atoms with van der Waals surface area (Å²) in [7, 11) is 0. The van der Waals surface area contributed by atoms with E-state index in [2.05, 4.69) is 20.2 Å². The van der Waals surface area contributed by atoms with Crippen LogP contribution in [0.2, 0.25) is 0 Å². The molecule has 2 aromatic heterocycles. The van der Waals surface area contributed by atoms with Crippen molar-refractivity contribution in [3.63, 3.8) is 0 Å². The molecule has 1 aliphatic carbocycles. The first kappa shape index (κ1) is 29.4. The van der Waals surface area contributed by atoms with Crippen LogP contribution >= 0.6 is 0 Å². The molecule has 2 saturated heterocycles. The lowest BCUT2D eigenvalue weighted by Gasteiger charge is -2.28. The fourth-order valence-electron chi connectivity index (χ4n) is 6.89. The minimum atomic E-state index is -4.45. The molecule has 2 N–H and O–H groups in total. The Morgan fingerprint density at radius 1 is 1.07 bits per heavy atom. The fourth-order valence-corrected chi connectivity index (χ4v) is 6.89. The summed E-state index contributed by atoms with van der Waals surface area (Å²) < 4.78 is 46.0. The van der Waals surface area contributed by atoms with Crippen molar-refractivity contribution in [1.29, 1.82) is 5.41 Å². The molecule has 0 unspecified atom stereocenters. The highest BCUT2D eigenvalue weighted by Crippen LogP contribution is 2.55. The Balaban J connectivity index is 1.34. The van der Waals surface area contributed by atoms with E-state index in [1.807, 2.05) is 13.8 Å². The van der Waals surface area contributed by atoms with E-state index >= 15 is 0 Å². The number of hydrogen-bond acceptors (Lipinski definition) is 9. The van der Waals surface area contributed by atoms with Gasteiger partial charge in [-0.2, -0.15) is 13.2 Å². The van der Waals surface area contributed by atoms with Crippen molar-refractivity contribution in [2.24, 2.45) is 0 Å². The molecule has 11 nitrogen and oxygen atoms in total. The predicted octanol–water partition coefficient (Wildman–Crippen LogP) is 5.05. The number of rotatable bonds is 6. The van der Waals surface area contributed by atoms with Crippen LogP contribution in [0.15, 0.2) is 12.4 Å². The molecule has 1 atom stereocenters. The number of halogens is 3. The number of hydrogen-bond donors (Lipinski definition) is 2. The van der Waals surface area contributed by atoms with Gasteiger partial charge in [0.05, 0.1) is 29.1 Å². The van der Waals surface area contributed by atoms with Gasteiger partial charge in [-0.3, -0.25) is 15.1 Å². The quantitative estimate of drug-likeness (QED) is 0.346. The lowest BCUT2D eigenvalue weighted by atomic mass is 9.80. The van der Waals surface area contributed by atoms with E-state index in [0.29, 0.717) is 42.5 Å². The molecule has 3 aliphatic heterocycles. The second-order valence-corrected chi connectivity index (χ2v) is 12.2. The lowest BCUT2D eigenvalue weighted by Crippen LogP contribution is -2.45. The number of likely N-dealkylation sites (tertiary alicyclic amines) is 1. The highest BCUT2D eigenvalue weighted by atomic mass is 19.4. The molecule has 232 valence electrons. The summed E-state index contributed by atoms with van der Waals surface area (Å²) in [6, 6.07) is -2.33. The first-order chi connectivity index (χ1) is 20.6. The van der Waals surface area contributed by atoms with E-state index in [0.717, 1.165) is 49.2 Å². The van der Waals surface area contributed by atoms with Crippen LogP contribution in [0.5, 0.6) is 0 Å². The molecule has 1 spiro atoms. The van der Waals surface area contributed by atoms with E-state index in [4.69, 9.17) is 20.1 Å². The Morgan fingerprint density at radius 2 is 1.77 bits per heavy atom. The molecule has 6 rings (SSSR count). The molecule has 43 heavy (non-hydrogen) atoms. The Labute approximate surface area is 248 Å². The fraction of sp³-hybridized carbons (Fsp3) is 0.655. The van der Waals surface area contributed by atoms with Gasteiger partial charge in [0.25, 0.3) is 6.02 Å². The highest BCUT2D eigenvalue weighted by Gasteiger charge is 2.56. The number of ether oxygens (including phenoxy) is 1. The zero-order valence-electron chi connectivity index (χ0n) is 24.6. The van der Waals surface area contributed by atoms with Gasteiger partial charge >= 0.3 is 6.18 Å². The number of alkyl halides is 3. The molecule has 4 aliphatic rings. The van der Waals surface area contributed by atoms with Crippen molar-refractivity contribution in [3.8, 4) is 0 Å². The number of amides is 1. The van der Waals surface area contributed by atoms with Gasteiger partial charge in [-0.25, -0.2) is 19.9 Å². The highest BCUT2D eigenvalue weighted by molar-refractivity contribution is 6.13. The van der Waals surface area contributed by atoms with Crippen molar-refractivity contribution in [2.45, 2.75) is 102 Å². The van der Waals surface area contributed by atoms with Gasteiger partial charge in [-0.15, -0.1) is 0 Å². The Morgan fingerprint density at radius 3 is 2.42 bits per heavy atom. The van der Waals surface area contributed by atoms with Crippen molar-refractivity contribution in [1.82, 2.24) is 24.8 Å². The summed E-state index contributed by atoms with van der Waals surface area (Å²) in [5.74, 6) is 1.59. The zero-order valence-corrected chi connectivity index (χ0v) is 24.6. The third-order valence-electron chi connectivity index (χ3n) is 8.87. The lowest BCUT2D eigenvalue weighted by molar-refractivity contribution is -0.169. The van der Waals surface area contributed by atoms with E-state index in [1.54, 1.807) is 17.3 Å². The van der Waals surface area contributed by atoms with Gasteiger partial charge < -0.3 is 19.9 Å². The zero-order chi connectivity index (χ0) is 30.4. The number of carbonyl (C=O) groups excluding carboxylic acids is 1. The normalized spacial score (nSPS) is 21.7. The Kier molecular flexibility index (Phi) is 7.80. The SMILES string of the molecule is CC(C)Nc1nc(COC(=N)N2CCC[C@@H]2C(F)(F)F)nc2c1C1(CCCC1)C(=O)N2c1cnc(N2CCCCC2)nc1. The Bertz CT molecular complexity index is 1360. The summed E-state index contributed by atoms with van der Waals surface area (Å²) in [6.45, 7) is 5.49. The third kappa shape index (κ3) is 5.44. The smallest absolute Gasteiger partial charge is 0.408 e. The van der Waals surface area contributed by atoms with Gasteiger partial charge in [0.2, 0.25) is 11.9 Å². The maximum atomic E-state index is 14.3. The van der Waals surface area contributed by atoms with Crippen LogP contribution in [0.3, 0.4) is 0 Å². The molecule has 3 fully saturated rings. The second kappa shape index (κ2) is 11.4. The number of carbonyl (C=O) groups is 1.